The number of ether oxygens (including phenoxy) is 2. The van der Waals surface area contributed by atoms with Crippen LogP contribution in [0.2, 0.25) is 0 Å². The Hall–Kier alpha value is -0.120. The van der Waals surface area contributed by atoms with Crippen molar-refractivity contribution in [1.29, 1.82) is 0 Å². The minimum Gasteiger partial charge on any atom is -0.379 e. The van der Waals surface area contributed by atoms with Crippen LogP contribution in [0.1, 0.15) is 39.5 Å². The van der Waals surface area contributed by atoms with Crippen molar-refractivity contribution in [2.24, 2.45) is 0 Å². The molecule has 0 aliphatic carbocycles. The number of nitrogens with one attached hydrogen (secondary N) is 1. The van der Waals surface area contributed by atoms with Gasteiger partial charge in [-0.1, -0.05) is 26.2 Å². The third kappa shape index (κ3) is 13.9. The first kappa shape index (κ1) is 14.9. The van der Waals surface area contributed by atoms with Gasteiger partial charge in [0.15, 0.2) is 0 Å². The summed E-state index contributed by atoms with van der Waals surface area (Å²) in [5.74, 6) is 0. The van der Waals surface area contributed by atoms with Gasteiger partial charge in [0.05, 0.1) is 19.8 Å². The van der Waals surface area contributed by atoms with Crippen LogP contribution in [-0.2, 0) is 9.47 Å². The van der Waals surface area contributed by atoms with Gasteiger partial charge in [0.1, 0.15) is 0 Å². The predicted octanol–water partition coefficient (Wildman–Crippen LogP) is 2.21. The van der Waals surface area contributed by atoms with Crippen LogP contribution in [0.4, 0.5) is 0 Å². The van der Waals surface area contributed by atoms with Crippen molar-refractivity contribution in [2.75, 3.05) is 39.5 Å². The fourth-order valence-corrected chi connectivity index (χ4v) is 1.31. The summed E-state index contributed by atoms with van der Waals surface area (Å²) in [4.78, 5) is 0. The maximum absolute atomic E-state index is 5.38. The van der Waals surface area contributed by atoms with Gasteiger partial charge in [-0.25, -0.2) is 0 Å². The lowest BCUT2D eigenvalue weighted by Gasteiger charge is -2.06. The van der Waals surface area contributed by atoms with Crippen LogP contribution in [0, 0.1) is 0 Å². The largest absolute Gasteiger partial charge is 0.379 e. The van der Waals surface area contributed by atoms with Crippen LogP contribution < -0.4 is 5.32 Å². The smallest absolute Gasteiger partial charge is 0.0701 e. The van der Waals surface area contributed by atoms with Crippen LogP contribution in [0.5, 0.6) is 0 Å². The minimum absolute atomic E-state index is 0.714. The minimum atomic E-state index is 0.714. The molecular weight excluding hydrogens is 190 g/mol. The van der Waals surface area contributed by atoms with E-state index < -0.39 is 0 Å². The summed E-state index contributed by atoms with van der Waals surface area (Å²) < 4.78 is 10.5. The first-order chi connectivity index (χ1) is 7.41. The second kappa shape index (κ2) is 13.9. The second-order valence-corrected chi connectivity index (χ2v) is 3.62. The first-order valence-corrected chi connectivity index (χ1v) is 6.28. The quantitative estimate of drug-likeness (QED) is 0.508. The molecule has 0 saturated heterocycles. The van der Waals surface area contributed by atoms with E-state index in [2.05, 4.69) is 12.2 Å². The lowest BCUT2D eigenvalue weighted by Crippen LogP contribution is -2.21. The zero-order chi connectivity index (χ0) is 11.2. The Balaban J connectivity index is 2.81. The lowest BCUT2D eigenvalue weighted by atomic mass is 10.2. The van der Waals surface area contributed by atoms with E-state index in [9.17, 15) is 0 Å². The number of unbranched alkanes of at least 4 members (excludes halogenated alkanes) is 3. The Kier molecular flexibility index (Phi) is 13.8. The Bertz CT molecular complexity index is 97.8. The van der Waals surface area contributed by atoms with E-state index in [0.29, 0.717) is 13.2 Å². The average molecular weight is 217 g/mol. The maximum atomic E-state index is 5.38. The summed E-state index contributed by atoms with van der Waals surface area (Å²) in [7, 11) is 0. The molecular formula is C12H27NO2. The highest BCUT2D eigenvalue weighted by Gasteiger charge is 1.90. The van der Waals surface area contributed by atoms with E-state index in [1.807, 2.05) is 6.92 Å². The third-order valence-corrected chi connectivity index (χ3v) is 2.21. The van der Waals surface area contributed by atoms with Gasteiger partial charge in [-0.05, 0) is 19.9 Å². The van der Waals surface area contributed by atoms with Crippen molar-refractivity contribution in [2.45, 2.75) is 39.5 Å². The van der Waals surface area contributed by atoms with Gasteiger partial charge >= 0.3 is 0 Å². The van der Waals surface area contributed by atoms with Gasteiger partial charge in [0.25, 0.3) is 0 Å². The standard InChI is InChI=1S/C12H27NO2/c1-3-5-6-7-8-13-9-10-15-12-11-14-4-2/h13H,3-12H2,1-2H3. The third-order valence-electron chi connectivity index (χ3n) is 2.21. The van der Waals surface area contributed by atoms with Crippen LogP contribution in [0.25, 0.3) is 0 Å². The molecule has 15 heavy (non-hydrogen) atoms. The Morgan fingerprint density at radius 3 is 2.33 bits per heavy atom. The van der Waals surface area contributed by atoms with Crippen molar-refractivity contribution < 1.29 is 9.47 Å². The molecule has 3 heteroatoms. The topological polar surface area (TPSA) is 30.5 Å². The Morgan fingerprint density at radius 2 is 1.60 bits per heavy atom. The van der Waals surface area contributed by atoms with Gasteiger partial charge in [-0.3, -0.25) is 0 Å². The highest BCUT2D eigenvalue weighted by Crippen LogP contribution is 1.96. The Morgan fingerprint density at radius 1 is 0.800 bits per heavy atom. The predicted molar refractivity (Wildman–Crippen MR) is 64.3 cm³/mol. The van der Waals surface area contributed by atoms with E-state index >= 15 is 0 Å². The molecule has 0 atom stereocenters. The molecule has 0 spiro atoms. The van der Waals surface area contributed by atoms with Crippen LogP contribution in [-0.4, -0.2) is 39.5 Å². The molecule has 92 valence electrons. The summed E-state index contributed by atoms with van der Waals surface area (Å²) >= 11 is 0. The summed E-state index contributed by atoms with van der Waals surface area (Å²) in [5, 5.41) is 3.37. The zero-order valence-electron chi connectivity index (χ0n) is 10.4. The Labute approximate surface area is 94.5 Å². The van der Waals surface area contributed by atoms with Crippen molar-refractivity contribution >= 4 is 0 Å². The van der Waals surface area contributed by atoms with Crippen LogP contribution >= 0.6 is 0 Å². The number of hydrogen-bond donors (Lipinski definition) is 1. The van der Waals surface area contributed by atoms with E-state index in [4.69, 9.17) is 9.47 Å². The highest BCUT2D eigenvalue weighted by atomic mass is 16.5. The normalized spacial score (nSPS) is 10.8. The first-order valence-electron chi connectivity index (χ1n) is 6.28. The van der Waals surface area contributed by atoms with Crippen LogP contribution in [0.15, 0.2) is 0 Å². The molecule has 0 radical (unpaired) electrons. The summed E-state index contributed by atoms with van der Waals surface area (Å²) in [6, 6.07) is 0. The SMILES string of the molecule is CCCCCCNCCOCCOCC. The van der Waals surface area contributed by atoms with Crippen molar-refractivity contribution in [3.63, 3.8) is 0 Å². The molecule has 0 saturated carbocycles. The van der Waals surface area contributed by atoms with Crippen molar-refractivity contribution in [3.8, 4) is 0 Å². The zero-order valence-corrected chi connectivity index (χ0v) is 10.4. The van der Waals surface area contributed by atoms with Crippen molar-refractivity contribution in [3.05, 3.63) is 0 Å². The average Bonchev–Trinajstić information content (AvgIpc) is 2.26. The maximum Gasteiger partial charge on any atom is 0.0701 e. The highest BCUT2D eigenvalue weighted by molar-refractivity contribution is 4.47. The van der Waals surface area contributed by atoms with Gasteiger partial charge in [-0.2, -0.15) is 0 Å². The molecule has 0 aliphatic rings. The molecule has 0 rings (SSSR count). The molecule has 0 aromatic rings. The van der Waals surface area contributed by atoms with E-state index in [-0.39, 0.29) is 0 Å². The molecule has 0 bridgehead atoms. The molecule has 1 N–H and O–H groups in total. The molecule has 3 nitrogen and oxygen atoms in total. The second-order valence-electron chi connectivity index (χ2n) is 3.62. The lowest BCUT2D eigenvalue weighted by molar-refractivity contribution is 0.0540. The molecule has 0 unspecified atom stereocenters. The monoisotopic (exact) mass is 217 g/mol. The summed E-state index contributed by atoms with van der Waals surface area (Å²) in [6.45, 7) is 9.31. The molecule has 0 aliphatic heterocycles. The number of rotatable bonds is 12. The van der Waals surface area contributed by atoms with Gasteiger partial charge in [0, 0.05) is 13.2 Å². The van der Waals surface area contributed by atoms with Gasteiger partial charge < -0.3 is 14.8 Å². The van der Waals surface area contributed by atoms with E-state index in [1.165, 1.54) is 25.7 Å². The molecule has 0 heterocycles. The van der Waals surface area contributed by atoms with E-state index in [0.717, 1.165) is 26.3 Å². The number of hydrogen-bond acceptors (Lipinski definition) is 3. The fraction of sp³-hybridized carbons (Fsp3) is 1.00. The fourth-order valence-electron chi connectivity index (χ4n) is 1.31. The van der Waals surface area contributed by atoms with Crippen molar-refractivity contribution in [1.82, 2.24) is 5.32 Å². The summed E-state index contributed by atoms with van der Waals surface area (Å²) in [6.07, 6.45) is 5.29. The molecule has 0 aromatic heterocycles. The summed E-state index contributed by atoms with van der Waals surface area (Å²) in [5.41, 5.74) is 0. The molecule has 0 aromatic carbocycles. The van der Waals surface area contributed by atoms with Gasteiger partial charge in [-0.15, -0.1) is 0 Å². The van der Waals surface area contributed by atoms with Crippen LogP contribution in [0.3, 0.4) is 0 Å². The molecule has 0 fully saturated rings. The molecule has 0 amide bonds. The van der Waals surface area contributed by atoms with Gasteiger partial charge in [0.2, 0.25) is 0 Å². The van der Waals surface area contributed by atoms with E-state index in [1.54, 1.807) is 0 Å².